The lowest BCUT2D eigenvalue weighted by atomic mass is 9.78. The number of hydrogen-bond donors (Lipinski definition) is 1. The summed E-state index contributed by atoms with van der Waals surface area (Å²) in [5, 5.41) is 8.52. The molecule has 1 saturated carbocycles. The van der Waals surface area contributed by atoms with Crippen molar-refractivity contribution in [2.75, 3.05) is 6.54 Å². The van der Waals surface area contributed by atoms with Gasteiger partial charge in [-0.05, 0) is 25.3 Å². The Morgan fingerprint density at radius 2 is 2.40 bits per heavy atom. The molecule has 1 aliphatic rings. The average molecular weight is 228 g/mol. The maximum Gasteiger partial charge on any atom is 0.0834 e. The lowest BCUT2D eigenvalue weighted by molar-refractivity contribution is 0.225. The summed E-state index contributed by atoms with van der Waals surface area (Å²) >= 11 is 6.18. The van der Waals surface area contributed by atoms with Crippen LogP contribution in [0.3, 0.4) is 0 Å². The minimum atomic E-state index is 0.378. The van der Waals surface area contributed by atoms with Crippen LogP contribution >= 0.6 is 11.6 Å². The number of nitrogens with one attached hydrogen (secondary N) is 1. The second-order valence-electron chi connectivity index (χ2n) is 4.23. The lowest BCUT2D eigenvalue weighted by Gasteiger charge is -2.34. The molecule has 0 amide bonds. The third-order valence-corrected chi connectivity index (χ3v) is 3.57. The van der Waals surface area contributed by atoms with Gasteiger partial charge in [0.25, 0.3) is 0 Å². The SMILES string of the molecule is CCNC(c1c(Cl)cnn1C)C1CCC1. The van der Waals surface area contributed by atoms with Crippen molar-refractivity contribution in [2.45, 2.75) is 32.2 Å². The molecule has 4 heteroatoms. The first kappa shape index (κ1) is 11.0. The highest BCUT2D eigenvalue weighted by molar-refractivity contribution is 6.31. The Labute approximate surface area is 95.8 Å². The van der Waals surface area contributed by atoms with E-state index in [0.717, 1.165) is 23.2 Å². The maximum absolute atomic E-state index is 6.18. The van der Waals surface area contributed by atoms with Crippen molar-refractivity contribution in [2.24, 2.45) is 13.0 Å². The molecule has 1 aromatic heterocycles. The highest BCUT2D eigenvalue weighted by atomic mass is 35.5. The first-order valence-electron chi connectivity index (χ1n) is 5.64. The number of halogens is 1. The molecule has 0 aliphatic heterocycles. The quantitative estimate of drug-likeness (QED) is 0.857. The Morgan fingerprint density at radius 1 is 1.67 bits per heavy atom. The molecule has 1 aliphatic carbocycles. The van der Waals surface area contributed by atoms with Crippen LogP contribution in [0.5, 0.6) is 0 Å². The van der Waals surface area contributed by atoms with Crippen LogP contribution in [0.4, 0.5) is 0 Å². The monoisotopic (exact) mass is 227 g/mol. The van der Waals surface area contributed by atoms with Crippen LogP contribution in [-0.4, -0.2) is 16.3 Å². The average Bonchev–Trinajstić information content (AvgIpc) is 2.43. The van der Waals surface area contributed by atoms with E-state index >= 15 is 0 Å². The minimum Gasteiger partial charge on any atom is -0.309 e. The predicted molar refractivity (Wildman–Crippen MR) is 62.0 cm³/mol. The van der Waals surface area contributed by atoms with Gasteiger partial charge in [0, 0.05) is 7.05 Å². The number of hydrogen-bond acceptors (Lipinski definition) is 2. The van der Waals surface area contributed by atoms with Crippen molar-refractivity contribution in [3.05, 3.63) is 16.9 Å². The Balaban J connectivity index is 2.22. The fraction of sp³-hybridized carbons (Fsp3) is 0.727. The molecule has 1 aromatic rings. The number of nitrogens with zero attached hydrogens (tertiary/aromatic N) is 2. The normalized spacial score (nSPS) is 18.9. The van der Waals surface area contributed by atoms with Crippen molar-refractivity contribution in [1.82, 2.24) is 15.1 Å². The third-order valence-electron chi connectivity index (χ3n) is 3.28. The molecule has 0 spiro atoms. The lowest BCUT2D eigenvalue weighted by Crippen LogP contribution is -2.33. The maximum atomic E-state index is 6.18. The molecule has 84 valence electrons. The van der Waals surface area contributed by atoms with Gasteiger partial charge in [-0.3, -0.25) is 4.68 Å². The number of rotatable bonds is 4. The largest absolute Gasteiger partial charge is 0.309 e. The van der Waals surface area contributed by atoms with E-state index in [4.69, 9.17) is 11.6 Å². The molecule has 1 fully saturated rings. The van der Waals surface area contributed by atoms with E-state index in [0.29, 0.717) is 6.04 Å². The number of aromatic nitrogens is 2. The van der Waals surface area contributed by atoms with Crippen LogP contribution in [0.15, 0.2) is 6.20 Å². The van der Waals surface area contributed by atoms with Crippen molar-refractivity contribution in [3.63, 3.8) is 0 Å². The molecule has 0 aromatic carbocycles. The molecule has 2 rings (SSSR count). The van der Waals surface area contributed by atoms with Crippen LogP contribution in [0.1, 0.15) is 37.9 Å². The van der Waals surface area contributed by atoms with Crippen LogP contribution in [0.2, 0.25) is 5.02 Å². The summed E-state index contributed by atoms with van der Waals surface area (Å²) in [6.45, 7) is 3.11. The molecular weight excluding hydrogens is 210 g/mol. The van der Waals surface area contributed by atoms with Crippen molar-refractivity contribution < 1.29 is 0 Å². The predicted octanol–water partition coefficient (Wildman–Crippen LogP) is 2.52. The first-order valence-corrected chi connectivity index (χ1v) is 6.02. The summed E-state index contributed by atoms with van der Waals surface area (Å²) in [7, 11) is 1.96. The first-order chi connectivity index (χ1) is 7.24. The van der Waals surface area contributed by atoms with Gasteiger partial charge in [-0.1, -0.05) is 24.9 Å². The molecule has 15 heavy (non-hydrogen) atoms. The zero-order chi connectivity index (χ0) is 10.8. The van der Waals surface area contributed by atoms with Crippen molar-refractivity contribution in [1.29, 1.82) is 0 Å². The van der Waals surface area contributed by atoms with E-state index in [9.17, 15) is 0 Å². The zero-order valence-electron chi connectivity index (χ0n) is 9.33. The second kappa shape index (κ2) is 4.54. The van der Waals surface area contributed by atoms with Crippen LogP contribution in [0, 0.1) is 5.92 Å². The smallest absolute Gasteiger partial charge is 0.0834 e. The summed E-state index contributed by atoms with van der Waals surface area (Å²) in [6.07, 6.45) is 5.69. The second-order valence-corrected chi connectivity index (χ2v) is 4.63. The Hall–Kier alpha value is -0.540. The summed E-state index contributed by atoms with van der Waals surface area (Å²) < 4.78 is 1.90. The van der Waals surface area contributed by atoms with Gasteiger partial charge in [0.15, 0.2) is 0 Å². The zero-order valence-corrected chi connectivity index (χ0v) is 10.1. The molecule has 3 nitrogen and oxygen atoms in total. The van der Waals surface area contributed by atoms with Gasteiger partial charge in [-0.15, -0.1) is 0 Å². The van der Waals surface area contributed by atoms with Gasteiger partial charge in [0.2, 0.25) is 0 Å². The van der Waals surface area contributed by atoms with E-state index in [1.165, 1.54) is 19.3 Å². The Morgan fingerprint density at radius 3 is 2.80 bits per heavy atom. The van der Waals surface area contributed by atoms with E-state index in [1.807, 2.05) is 11.7 Å². The van der Waals surface area contributed by atoms with Crippen molar-refractivity contribution in [3.8, 4) is 0 Å². The summed E-state index contributed by atoms with van der Waals surface area (Å²) in [5.74, 6) is 0.734. The van der Waals surface area contributed by atoms with Crippen LogP contribution < -0.4 is 5.32 Å². The summed E-state index contributed by atoms with van der Waals surface area (Å²) in [6, 6.07) is 0.378. The van der Waals surface area contributed by atoms with Gasteiger partial charge in [0.1, 0.15) is 0 Å². The Bertz CT molecular complexity index is 311. The van der Waals surface area contributed by atoms with Gasteiger partial charge < -0.3 is 5.32 Å². The topological polar surface area (TPSA) is 29.9 Å². The molecule has 1 unspecified atom stereocenters. The summed E-state index contributed by atoms with van der Waals surface area (Å²) in [5.41, 5.74) is 1.14. The Kier molecular flexibility index (Phi) is 3.32. The van der Waals surface area contributed by atoms with E-state index in [1.54, 1.807) is 6.20 Å². The van der Waals surface area contributed by atoms with Crippen LogP contribution in [-0.2, 0) is 7.05 Å². The van der Waals surface area contributed by atoms with Gasteiger partial charge in [0.05, 0.1) is 23.0 Å². The van der Waals surface area contributed by atoms with E-state index in [-0.39, 0.29) is 0 Å². The summed E-state index contributed by atoms with van der Waals surface area (Å²) in [4.78, 5) is 0. The van der Waals surface area contributed by atoms with Gasteiger partial charge >= 0.3 is 0 Å². The van der Waals surface area contributed by atoms with Crippen LogP contribution in [0.25, 0.3) is 0 Å². The molecule has 1 atom stereocenters. The third kappa shape index (κ3) is 2.04. The highest BCUT2D eigenvalue weighted by Gasteiger charge is 2.31. The molecule has 1 N–H and O–H groups in total. The molecule has 0 bridgehead atoms. The van der Waals surface area contributed by atoms with Crippen molar-refractivity contribution >= 4 is 11.6 Å². The highest BCUT2D eigenvalue weighted by Crippen LogP contribution is 2.39. The number of aryl methyl sites for hydroxylation is 1. The van der Waals surface area contributed by atoms with Gasteiger partial charge in [-0.2, -0.15) is 5.10 Å². The standard InChI is InChI=1S/C11H18ClN3/c1-3-13-10(8-5-4-6-8)11-9(12)7-14-15(11)2/h7-8,10,13H,3-6H2,1-2H3. The molecule has 1 heterocycles. The van der Waals surface area contributed by atoms with E-state index < -0.39 is 0 Å². The molecule has 0 saturated heterocycles. The molecular formula is C11H18ClN3. The minimum absolute atomic E-state index is 0.378. The van der Waals surface area contributed by atoms with E-state index in [2.05, 4.69) is 17.3 Å². The molecule has 0 radical (unpaired) electrons. The van der Waals surface area contributed by atoms with Gasteiger partial charge in [-0.25, -0.2) is 0 Å². The fourth-order valence-corrected chi connectivity index (χ4v) is 2.53. The fourth-order valence-electron chi connectivity index (χ4n) is 2.25.